The monoisotopic (exact) mass is 306 g/mol. The third-order valence-corrected chi connectivity index (χ3v) is 4.07. The zero-order valence-corrected chi connectivity index (χ0v) is 12.3. The van der Waals surface area contributed by atoms with Gasteiger partial charge in [0.15, 0.2) is 6.61 Å². The number of rotatable bonds is 4. The summed E-state index contributed by atoms with van der Waals surface area (Å²) in [6.45, 7) is 2.05. The van der Waals surface area contributed by atoms with Gasteiger partial charge in [0, 0.05) is 25.7 Å². The molecule has 0 spiro atoms. The average Bonchev–Trinajstić information content (AvgIpc) is 3.06. The van der Waals surface area contributed by atoms with Crippen LogP contribution in [-0.2, 0) is 6.54 Å². The number of fused-ring (bicyclic) bond motifs is 1. The molecule has 3 rings (SSSR count). The van der Waals surface area contributed by atoms with E-state index in [1.54, 1.807) is 19.2 Å². The van der Waals surface area contributed by atoms with Gasteiger partial charge in [0.2, 0.25) is 5.78 Å². The fraction of sp³-hybridized carbons (Fsp3) is 0.467. The van der Waals surface area contributed by atoms with Crippen molar-refractivity contribution in [2.45, 2.75) is 19.0 Å². The number of ketones is 1. The van der Waals surface area contributed by atoms with E-state index < -0.39 is 6.09 Å². The number of nitrogens with one attached hydrogen (secondary N) is 1. The molecule has 2 aliphatic heterocycles. The quantitative estimate of drug-likeness (QED) is 0.866. The van der Waals surface area contributed by atoms with Crippen molar-refractivity contribution >= 4 is 11.9 Å². The van der Waals surface area contributed by atoms with Crippen LogP contribution >= 0.6 is 0 Å². The SMILES string of the molecule is COc1ccc2c(c1CN1CC[C@@H](NC(=O)O)C1)OCC2=O. The number of nitrogens with zero attached hydrogens (tertiary/aromatic N) is 1. The molecule has 0 unspecified atom stereocenters. The number of carbonyl (C=O) groups is 2. The Kier molecular flexibility index (Phi) is 3.89. The second-order valence-corrected chi connectivity index (χ2v) is 5.51. The number of benzene rings is 1. The lowest BCUT2D eigenvalue weighted by atomic mass is 10.1. The predicted molar refractivity (Wildman–Crippen MR) is 77.7 cm³/mol. The maximum Gasteiger partial charge on any atom is 0.404 e. The number of Topliss-reactive ketones (excluding diaryl/α,β-unsaturated/α-hetero) is 1. The van der Waals surface area contributed by atoms with Gasteiger partial charge in [-0.15, -0.1) is 0 Å². The Morgan fingerprint density at radius 2 is 2.36 bits per heavy atom. The summed E-state index contributed by atoms with van der Waals surface area (Å²) in [5.74, 6) is 1.26. The summed E-state index contributed by atoms with van der Waals surface area (Å²) in [6.07, 6.45) is -0.234. The Labute approximate surface area is 127 Å². The molecule has 2 N–H and O–H groups in total. The topological polar surface area (TPSA) is 88.1 Å². The fourth-order valence-electron chi connectivity index (χ4n) is 3.04. The highest BCUT2D eigenvalue weighted by Gasteiger charge is 2.30. The zero-order valence-electron chi connectivity index (χ0n) is 12.3. The summed E-state index contributed by atoms with van der Waals surface area (Å²) < 4.78 is 10.9. The van der Waals surface area contributed by atoms with Crippen molar-refractivity contribution in [3.63, 3.8) is 0 Å². The van der Waals surface area contributed by atoms with Crippen molar-refractivity contribution < 1.29 is 24.2 Å². The van der Waals surface area contributed by atoms with E-state index >= 15 is 0 Å². The normalized spacial score (nSPS) is 20.6. The highest BCUT2D eigenvalue weighted by Crippen LogP contribution is 2.37. The van der Waals surface area contributed by atoms with Gasteiger partial charge < -0.3 is 19.9 Å². The molecular weight excluding hydrogens is 288 g/mol. The summed E-state index contributed by atoms with van der Waals surface area (Å²) in [4.78, 5) is 24.6. The highest BCUT2D eigenvalue weighted by atomic mass is 16.5. The van der Waals surface area contributed by atoms with Crippen molar-refractivity contribution in [1.29, 1.82) is 0 Å². The van der Waals surface area contributed by atoms with E-state index in [9.17, 15) is 9.59 Å². The van der Waals surface area contributed by atoms with Gasteiger partial charge in [-0.3, -0.25) is 9.69 Å². The Morgan fingerprint density at radius 3 is 3.09 bits per heavy atom. The van der Waals surface area contributed by atoms with E-state index in [-0.39, 0.29) is 18.4 Å². The summed E-state index contributed by atoms with van der Waals surface area (Å²) in [5, 5.41) is 11.3. The summed E-state index contributed by atoms with van der Waals surface area (Å²) in [6, 6.07) is 3.44. The molecule has 2 aliphatic rings. The van der Waals surface area contributed by atoms with Gasteiger partial charge in [-0.2, -0.15) is 0 Å². The number of hydrogen-bond acceptors (Lipinski definition) is 5. The van der Waals surface area contributed by atoms with Crippen LogP contribution in [0, 0.1) is 0 Å². The van der Waals surface area contributed by atoms with Crippen LogP contribution in [0.1, 0.15) is 22.3 Å². The molecule has 1 fully saturated rings. The van der Waals surface area contributed by atoms with Crippen LogP contribution in [0.3, 0.4) is 0 Å². The minimum Gasteiger partial charge on any atom is -0.496 e. The molecule has 7 heteroatoms. The second-order valence-electron chi connectivity index (χ2n) is 5.51. The van der Waals surface area contributed by atoms with Gasteiger partial charge in [-0.1, -0.05) is 0 Å². The number of methoxy groups -OCH3 is 1. The number of carboxylic acid groups (broad SMARTS) is 1. The lowest BCUT2D eigenvalue weighted by Crippen LogP contribution is -2.35. The van der Waals surface area contributed by atoms with Crippen molar-refractivity contribution in [3.05, 3.63) is 23.3 Å². The number of carbonyl (C=O) groups excluding carboxylic acids is 1. The fourth-order valence-corrected chi connectivity index (χ4v) is 3.04. The Morgan fingerprint density at radius 1 is 1.55 bits per heavy atom. The third kappa shape index (κ3) is 2.71. The zero-order chi connectivity index (χ0) is 15.7. The van der Waals surface area contributed by atoms with Crippen LogP contribution in [0.15, 0.2) is 12.1 Å². The van der Waals surface area contributed by atoms with Gasteiger partial charge in [0.1, 0.15) is 11.5 Å². The van der Waals surface area contributed by atoms with Crippen LogP contribution in [0.4, 0.5) is 4.79 Å². The van der Waals surface area contributed by atoms with Crippen LogP contribution in [0.2, 0.25) is 0 Å². The molecule has 1 amide bonds. The molecule has 0 radical (unpaired) electrons. The van der Waals surface area contributed by atoms with E-state index in [0.29, 0.717) is 30.2 Å². The molecule has 7 nitrogen and oxygen atoms in total. The number of amides is 1. The largest absolute Gasteiger partial charge is 0.496 e. The maximum atomic E-state index is 11.8. The molecule has 0 aliphatic carbocycles. The molecule has 1 aromatic rings. The number of likely N-dealkylation sites (tertiary alicyclic amines) is 1. The van der Waals surface area contributed by atoms with Crippen molar-refractivity contribution in [3.8, 4) is 11.5 Å². The minimum atomic E-state index is -1.00. The molecule has 1 aromatic carbocycles. The Bertz CT molecular complexity index is 616. The van der Waals surface area contributed by atoms with E-state index in [2.05, 4.69) is 10.2 Å². The minimum absolute atomic E-state index is 0.0225. The van der Waals surface area contributed by atoms with Crippen molar-refractivity contribution in [2.24, 2.45) is 0 Å². The van der Waals surface area contributed by atoms with E-state index in [0.717, 1.165) is 18.5 Å². The van der Waals surface area contributed by atoms with Crippen LogP contribution in [-0.4, -0.2) is 54.7 Å². The highest BCUT2D eigenvalue weighted by molar-refractivity contribution is 6.03. The van der Waals surface area contributed by atoms with Gasteiger partial charge >= 0.3 is 6.09 Å². The molecule has 1 atom stereocenters. The third-order valence-electron chi connectivity index (χ3n) is 4.07. The predicted octanol–water partition coefficient (Wildman–Crippen LogP) is 1.11. The lowest BCUT2D eigenvalue weighted by molar-refractivity contribution is 0.0960. The van der Waals surface area contributed by atoms with Crippen molar-refractivity contribution in [2.75, 3.05) is 26.8 Å². The molecular formula is C15H18N2O5. The van der Waals surface area contributed by atoms with E-state index in [1.165, 1.54) is 0 Å². The molecule has 0 aromatic heterocycles. The molecule has 1 saturated heterocycles. The smallest absolute Gasteiger partial charge is 0.404 e. The Hall–Kier alpha value is -2.28. The Balaban J connectivity index is 1.78. The van der Waals surface area contributed by atoms with Gasteiger partial charge in [-0.25, -0.2) is 4.79 Å². The number of hydrogen-bond donors (Lipinski definition) is 2. The first-order valence-corrected chi connectivity index (χ1v) is 7.16. The van der Waals surface area contributed by atoms with Gasteiger partial charge in [-0.05, 0) is 18.6 Å². The summed E-state index contributed by atoms with van der Waals surface area (Å²) >= 11 is 0. The first kappa shape index (κ1) is 14.6. The summed E-state index contributed by atoms with van der Waals surface area (Å²) in [7, 11) is 1.58. The van der Waals surface area contributed by atoms with Crippen LogP contribution < -0.4 is 14.8 Å². The standard InChI is InChI=1S/C15H18N2O5/c1-21-13-3-2-10-12(18)8-22-14(10)11(13)7-17-5-4-9(6-17)16-15(19)20/h2-3,9,16H,4-8H2,1H3,(H,19,20)/t9-/m1/s1. The molecule has 0 saturated carbocycles. The van der Waals surface area contributed by atoms with Crippen LogP contribution in [0.5, 0.6) is 11.5 Å². The number of ether oxygens (including phenoxy) is 2. The summed E-state index contributed by atoms with van der Waals surface area (Å²) in [5.41, 5.74) is 1.44. The van der Waals surface area contributed by atoms with E-state index in [4.69, 9.17) is 14.6 Å². The van der Waals surface area contributed by atoms with Crippen LogP contribution in [0.25, 0.3) is 0 Å². The molecule has 2 heterocycles. The lowest BCUT2D eigenvalue weighted by Gasteiger charge is -2.19. The molecule has 118 valence electrons. The molecule has 0 bridgehead atoms. The van der Waals surface area contributed by atoms with Gasteiger partial charge in [0.25, 0.3) is 0 Å². The second kappa shape index (κ2) is 5.84. The van der Waals surface area contributed by atoms with Gasteiger partial charge in [0.05, 0.1) is 18.2 Å². The molecule has 22 heavy (non-hydrogen) atoms. The first-order chi connectivity index (χ1) is 10.6. The van der Waals surface area contributed by atoms with Crippen molar-refractivity contribution in [1.82, 2.24) is 10.2 Å². The maximum absolute atomic E-state index is 11.8. The first-order valence-electron chi connectivity index (χ1n) is 7.16. The average molecular weight is 306 g/mol. The van der Waals surface area contributed by atoms with E-state index in [1.807, 2.05) is 0 Å².